The van der Waals surface area contributed by atoms with Gasteiger partial charge in [0.05, 0.1) is 5.69 Å². The van der Waals surface area contributed by atoms with E-state index in [1.165, 1.54) is 0 Å². The molecular weight excluding hydrogens is 318 g/mol. The van der Waals surface area contributed by atoms with Crippen LogP contribution >= 0.6 is 11.3 Å². The molecule has 0 unspecified atom stereocenters. The summed E-state index contributed by atoms with van der Waals surface area (Å²) in [5, 5.41) is 6.06. The third-order valence-corrected chi connectivity index (χ3v) is 4.19. The molecule has 4 nitrogen and oxygen atoms in total. The van der Waals surface area contributed by atoms with Gasteiger partial charge in [0, 0.05) is 11.6 Å². The number of aromatic nitrogens is 2. The molecule has 0 atom stereocenters. The highest BCUT2D eigenvalue weighted by atomic mass is 32.1. The standard InChI is InChI=1S/C19H19N3OS/c1-3-7-16-10-17(23-12-15-8-5-4-6-9-15)18(20-11-16)22-19-21-14(2)13-24-19/h3-11,13H,12H2,1-2H3,(H,20,21,22)/b7-3-. The van der Waals surface area contributed by atoms with E-state index >= 15 is 0 Å². The Kier molecular flexibility index (Phi) is 5.23. The molecule has 122 valence electrons. The molecule has 1 aromatic carbocycles. The first-order valence-electron chi connectivity index (χ1n) is 7.73. The fourth-order valence-corrected chi connectivity index (χ4v) is 2.88. The van der Waals surface area contributed by atoms with Crippen LogP contribution < -0.4 is 10.1 Å². The average molecular weight is 337 g/mol. The fraction of sp³-hybridized carbons (Fsp3) is 0.158. The lowest BCUT2D eigenvalue weighted by atomic mass is 10.2. The molecule has 5 heteroatoms. The second-order valence-corrected chi connectivity index (χ2v) is 6.17. The molecule has 0 saturated heterocycles. The Hall–Kier alpha value is -2.66. The van der Waals surface area contributed by atoms with Crippen LogP contribution in [0.15, 0.2) is 54.1 Å². The number of pyridine rings is 1. The molecule has 0 aliphatic carbocycles. The molecule has 0 bridgehead atoms. The number of nitrogens with one attached hydrogen (secondary N) is 1. The number of hydrogen-bond acceptors (Lipinski definition) is 5. The normalized spacial score (nSPS) is 10.9. The smallest absolute Gasteiger partial charge is 0.188 e. The lowest BCUT2D eigenvalue weighted by molar-refractivity contribution is 0.307. The van der Waals surface area contributed by atoms with Crippen molar-refractivity contribution in [3.8, 4) is 5.75 Å². The fourth-order valence-electron chi connectivity index (χ4n) is 2.20. The van der Waals surface area contributed by atoms with Crippen molar-refractivity contribution >= 4 is 28.4 Å². The van der Waals surface area contributed by atoms with Crippen LogP contribution in [0.1, 0.15) is 23.7 Å². The summed E-state index contributed by atoms with van der Waals surface area (Å²) in [5.74, 6) is 1.39. The molecule has 0 fully saturated rings. The van der Waals surface area contributed by atoms with Crippen molar-refractivity contribution in [2.75, 3.05) is 5.32 Å². The number of anilines is 2. The highest BCUT2D eigenvalue weighted by Gasteiger charge is 2.09. The summed E-state index contributed by atoms with van der Waals surface area (Å²) >= 11 is 1.55. The minimum atomic E-state index is 0.493. The first-order valence-corrected chi connectivity index (χ1v) is 8.61. The SMILES string of the molecule is C/C=C\c1cnc(Nc2nc(C)cs2)c(OCc2ccccc2)c1. The molecule has 3 aromatic rings. The number of aryl methyl sites for hydroxylation is 1. The Morgan fingerprint density at radius 1 is 1.25 bits per heavy atom. The molecule has 2 aromatic heterocycles. The average Bonchev–Trinajstić information content (AvgIpc) is 3.01. The largest absolute Gasteiger partial charge is 0.485 e. The van der Waals surface area contributed by atoms with Gasteiger partial charge in [-0.2, -0.15) is 0 Å². The van der Waals surface area contributed by atoms with E-state index in [1.807, 2.05) is 74.0 Å². The second-order valence-electron chi connectivity index (χ2n) is 5.31. The van der Waals surface area contributed by atoms with Crippen molar-refractivity contribution in [1.82, 2.24) is 9.97 Å². The van der Waals surface area contributed by atoms with Crippen LogP contribution in [0.25, 0.3) is 6.08 Å². The first kappa shape index (κ1) is 16.2. The maximum atomic E-state index is 6.01. The van der Waals surface area contributed by atoms with Crippen LogP contribution in [-0.2, 0) is 6.61 Å². The molecule has 3 rings (SSSR count). The number of ether oxygens (including phenoxy) is 1. The van der Waals surface area contributed by atoms with Crippen molar-refractivity contribution in [2.45, 2.75) is 20.5 Å². The second kappa shape index (κ2) is 7.75. The number of allylic oxidation sites excluding steroid dienone is 1. The maximum absolute atomic E-state index is 6.01. The summed E-state index contributed by atoms with van der Waals surface area (Å²) in [6, 6.07) is 12.1. The third kappa shape index (κ3) is 4.20. The minimum absolute atomic E-state index is 0.493. The number of hydrogen-bond donors (Lipinski definition) is 1. The van der Waals surface area contributed by atoms with E-state index in [9.17, 15) is 0 Å². The number of nitrogens with zero attached hydrogens (tertiary/aromatic N) is 2. The van der Waals surface area contributed by atoms with E-state index < -0.39 is 0 Å². The molecule has 0 saturated carbocycles. The lowest BCUT2D eigenvalue weighted by Crippen LogP contribution is -2.01. The topological polar surface area (TPSA) is 47.0 Å². The summed E-state index contributed by atoms with van der Waals surface area (Å²) < 4.78 is 6.01. The van der Waals surface area contributed by atoms with Crippen LogP contribution in [0, 0.1) is 6.92 Å². The van der Waals surface area contributed by atoms with Gasteiger partial charge in [0.25, 0.3) is 0 Å². The van der Waals surface area contributed by atoms with Gasteiger partial charge in [-0.3, -0.25) is 0 Å². The van der Waals surface area contributed by atoms with E-state index in [4.69, 9.17) is 4.74 Å². The Bertz CT molecular complexity index is 828. The predicted octanol–water partition coefficient (Wildman–Crippen LogP) is 5.20. The van der Waals surface area contributed by atoms with Gasteiger partial charge in [-0.05, 0) is 31.0 Å². The van der Waals surface area contributed by atoms with Gasteiger partial charge >= 0.3 is 0 Å². The molecule has 0 aliphatic heterocycles. The molecule has 0 spiro atoms. The van der Waals surface area contributed by atoms with Crippen LogP contribution in [0.2, 0.25) is 0 Å². The van der Waals surface area contributed by atoms with Crippen molar-refractivity contribution in [3.05, 3.63) is 70.9 Å². The molecule has 2 heterocycles. The quantitative estimate of drug-likeness (QED) is 0.671. The molecule has 0 aliphatic rings. The van der Waals surface area contributed by atoms with Gasteiger partial charge < -0.3 is 10.1 Å². The Morgan fingerprint density at radius 2 is 2.08 bits per heavy atom. The Labute approximate surface area is 145 Å². The molecule has 0 radical (unpaired) electrons. The number of rotatable bonds is 6. The van der Waals surface area contributed by atoms with Crippen LogP contribution in [0.4, 0.5) is 10.9 Å². The zero-order valence-corrected chi connectivity index (χ0v) is 14.5. The van der Waals surface area contributed by atoms with E-state index in [1.54, 1.807) is 11.3 Å². The summed E-state index contributed by atoms with van der Waals surface area (Å²) in [4.78, 5) is 8.92. The molecule has 1 N–H and O–H groups in total. The van der Waals surface area contributed by atoms with Crippen LogP contribution in [-0.4, -0.2) is 9.97 Å². The third-order valence-electron chi connectivity index (χ3n) is 3.31. The highest BCUT2D eigenvalue weighted by Crippen LogP contribution is 2.29. The molecular formula is C19H19N3OS. The molecule has 0 amide bonds. The highest BCUT2D eigenvalue weighted by molar-refractivity contribution is 7.13. The van der Waals surface area contributed by atoms with Gasteiger partial charge in [0.2, 0.25) is 0 Å². The Balaban J connectivity index is 1.83. The van der Waals surface area contributed by atoms with E-state index in [0.29, 0.717) is 18.2 Å². The van der Waals surface area contributed by atoms with Crippen molar-refractivity contribution in [2.24, 2.45) is 0 Å². The zero-order chi connectivity index (χ0) is 16.8. The summed E-state index contributed by atoms with van der Waals surface area (Å²) in [7, 11) is 0. The van der Waals surface area contributed by atoms with E-state index in [2.05, 4.69) is 15.3 Å². The van der Waals surface area contributed by atoms with E-state index in [-0.39, 0.29) is 0 Å². The van der Waals surface area contributed by atoms with Gasteiger partial charge in [-0.15, -0.1) is 11.3 Å². The molecule has 24 heavy (non-hydrogen) atoms. The van der Waals surface area contributed by atoms with Gasteiger partial charge in [-0.25, -0.2) is 9.97 Å². The number of thiazole rings is 1. The minimum Gasteiger partial charge on any atom is -0.485 e. The maximum Gasteiger partial charge on any atom is 0.188 e. The first-order chi connectivity index (χ1) is 11.7. The van der Waals surface area contributed by atoms with Crippen molar-refractivity contribution < 1.29 is 4.74 Å². The zero-order valence-electron chi connectivity index (χ0n) is 13.7. The van der Waals surface area contributed by atoms with Crippen LogP contribution in [0.5, 0.6) is 5.75 Å². The van der Waals surface area contributed by atoms with Crippen molar-refractivity contribution in [3.63, 3.8) is 0 Å². The summed E-state index contributed by atoms with van der Waals surface area (Å²) in [5.41, 5.74) is 3.10. The lowest BCUT2D eigenvalue weighted by Gasteiger charge is -2.12. The summed E-state index contributed by atoms with van der Waals surface area (Å²) in [6.07, 6.45) is 5.80. The number of benzene rings is 1. The van der Waals surface area contributed by atoms with Gasteiger partial charge in [-0.1, -0.05) is 42.5 Å². The predicted molar refractivity (Wildman–Crippen MR) is 99.9 cm³/mol. The van der Waals surface area contributed by atoms with Crippen molar-refractivity contribution in [1.29, 1.82) is 0 Å². The Morgan fingerprint density at radius 3 is 2.79 bits per heavy atom. The summed E-state index contributed by atoms with van der Waals surface area (Å²) in [6.45, 7) is 4.44. The van der Waals surface area contributed by atoms with Crippen LogP contribution in [0.3, 0.4) is 0 Å². The van der Waals surface area contributed by atoms with E-state index in [0.717, 1.165) is 22.0 Å². The monoisotopic (exact) mass is 337 g/mol. The van der Waals surface area contributed by atoms with Gasteiger partial charge in [0.15, 0.2) is 16.7 Å². The van der Waals surface area contributed by atoms with Gasteiger partial charge in [0.1, 0.15) is 6.61 Å².